The predicted octanol–water partition coefficient (Wildman–Crippen LogP) is 1.57. The van der Waals surface area contributed by atoms with Crippen LogP contribution in [0, 0.1) is 0 Å². The van der Waals surface area contributed by atoms with Crippen LogP contribution in [0.4, 0.5) is 0 Å². The highest BCUT2D eigenvalue weighted by molar-refractivity contribution is 6.06. The minimum Gasteiger partial charge on any atom is -0.326 e. The molecule has 2 aliphatic rings. The molecule has 26 heavy (non-hydrogen) atoms. The second kappa shape index (κ2) is 6.38. The number of benzene rings is 2. The van der Waals surface area contributed by atoms with Gasteiger partial charge in [-0.3, -0.25) is 19.7 Å². The molecule has 4 rings (SSSR count). The molecule has 3 N–H and O–H groups in total. The third-order valence-corrected chi connectivity index (χ3v) is 5.08. The summed E-state index contributed by atoms with van der Waals surface area (Å²) in [6, 6.07) is 13.0. The topological polar surface area (TPSA) is 92.5 Å². The number of hydrogen-bond donors (Lipinski definition) is 2. The number of fused-ring (bicyclic) bond motifs is 1. The number of nitrogens with two attached hydrogens (primary N) is 1. The van der Waals surface area contributed by atoms with Gasteiger partial charge in [0.2, 0.25) is 11.8 Å². The van der Waals surface area contributed by atoms with Crippen molar-refractivity contribution in [3.8, 4) is 11.1 Å². The van der Waals surface area contributed by atoms with E-state index in [1.165, 1.54) is 0 Å². The van der Waals surface area contributed by atoms with E-state index in [1.807, 2.05) is 36.4 Å². The standard InChI is InChI=1S/C20H19N3O3/c21-10-12-4-6-13(7-5-12)14-2-1-3-15-16(14)11-23(20(15)26)17-8-9-18(24)22-19(17)25/h1-7,17H,8-11,21H2,(H,22,24,25). The van der Waals surface area contributed by atoms with E-state index in [2.05, 4.69) is 5.32 Å². The first-order valence-corrected chi connectivity index (χ1v) is 8.64. The molecule has 0 spiro atoms. The van der Waals surface area contributed by atoms with Crippen molar-refractivity contribution in [1.29, 1.82) is 0 Å². The SMILES string of the molecule is NCc1ccc(-c2cccc3c2CN(C2CCC(=O)NC2=O)C3=O)cc1. The second-order valence-corrected chi connectivity index (χ2v) is 6.63. The van der Waals surface area contributed by atoms with Gasteiger partial charge in [-0.05, 0) is 34.7 Å². The van der Waals surface area contributed by atoms with Gasteiger partial charge in [0.05, 0.1) is 0 Å². The van der Waals surface area contributed by atoms with Crippen molar-refractivity contribution in [2.24, 2.45) is 5.73 Å². The van der Waals surface area contributed by atoms with Crippen molar-refractivity contribution < 1.29 is 14.4 Å². The minimum atomic E-state index is -0.597. The normalized spacial score (nSPS) is 19.5. The molecule has 6 heteroatoms. The van der Waals surface area contributed by atoms with Crippen LogP contribution in [0.15, 0.2) is 42.5 Å². The second-order valence-electron chi connectivity index (χ2n) is 6.63. The van der Waals surface area contributed by atoms with E-state index in [9.17, 15) is 14.4 Å². The molecule has 1 unspecified atom stereocenters. The molecule has 0 bridgehead atoms. The summed E-state index contributed by atoms with van der Waals surface area (Å²) in [5, 5.41) is 2.33. The maximum atomic E-state index is 12.9. The Balaban J connectivity index is 1.68. The molecule has 132 valence electrons. The van der Waals surface area contributed by atoms with Gasteiger partial charge < -0.3 is 10.6 Å². The number of hydrogen-bond acceptors (Lipinski definition) is 4. The number of carbonyl (C=O) groups is 3. The fraction of sp³-hybridized carbons (Fsp3) is 0.250. The van der Waals surface area contributed by atoms with Crippen molar-refractivity contribution in [3.63, 3.8) is 0 Å². The van der Waals surface area contributed by atoms with Crippen molar-refractivity contribution in [2.75, 3.05) is 0 Å². The van der Waals surface area contributed by atoms with Crippen LogP contribution in [0.5, 0.6) is 0 Å². The highest BCUT2D eigenvalue weighted by Gasteiger charge is 2.39. The molecule has 0 aliphatic carbocycles. The lowest BCUT2D eigenvalue weighted by Crippen LogP contribution is -2.52. The maximum Gasteiger partial charge on any atom is 0.255 e. The zero-order valence-electron chi connectivity index (χ0n) is 14.2. The van der Waals surface area contributed by atoms with Gasteiger partial charge in [0, 0.05) is 25.1 Å². The Morgan fingerprint density at radius 1 is 1.04 bits per heavy atom. The molecule has 2 aromatic rings. The molecule has 0 radical (unpaired) electrons. The number of amides is 3. The lowest BCUT2D eigenvalue weighted by molar-refractivity contribution is -0.136. The largest absolute Gasteiger partial charge is 0.326 e. The van der Waals surface area contributed by atoms with E-state index in [1.54, 1.807) is 11.0 Å². The number of carbonyl (C=O) groups excluding carboxylic acids is 3. The van der Waals surface area contributed by atoms with Crippen LogP contribution in [0.25, 0.3) is 11.1 Å². The zero-order valence-corrected chi connectivity index (χ0v) is 14.2. The van der Waals surface area contributed by atoms with Crippen molar-refractivity contribution in [1.82, 2.24) is 10.2 Å². The molecule has 1 saturated heterocycles. The average molecular weight is 349 g/mol. The van der Waals surface area contributed by atoms with Gasteiger partial charge >= 0.3 is 0 Å². The molecule has 1 atom stereocenters. The van der Waals surface area contributed by atoms with Gasteiger partial charge in [-0.15, -0.1) is 0 Å². The van der Waals surface area contributed by atoms with Gasteiger partial charge in [-0.25, -0.2) is 0 Å². The van der Waals surface area contributed by atoms with E-state index in [0.717, 1.165) is 22.3 Å². The molecule has 2 heterocycles. The number of imide groups is 1. The lowest BCUT2D eigenvalue weighted by atomic mass is 9.96. The fourth-order valence-electron chi connectivity index (χ4n) is 3.68. The van der Waals surface area contributed by atoms with Gasteiger partial charge in [0.25, 0.3) is 5.91 Å². The monoisotopic (exact) mass is 349 g/mol. The third-order valence-electron chi connectivity index (χ3n) is 5.08. The molecule has 1 fully saturated rings. The smallest absolute Gasteiger partial charge is 0.255 e. The molecular formula is C20H19N3O3. The highest BCUT2D eigenvalue weighted by atomic mass is 16.2. The van der Waals surface area contributed by atoms with Crippen LogP contribution in [-0.2, 0) is 22.7 Å². The Labute approximate surface area is 151 Å². The van der Waals surface area contributed by atoms with Crippen LogP contribution in [-0.4, -0.2) is 28.7 Å². The molecule has 2 aliphatic heterocycles. The maximum absolute atomic E-state index is 12.9. The summed E-state index contributed by atoms with van der Waals surface area (Å²) < 4.78 is 0. The van der Waals surface area contributed by atoms with Crippen molar-refractivity contribution in [2.45, 2.75) is 32.0 Å². The summed E-state index contributed by atoms with van der Waals surface area (Å²) in [7, 11) is 0. The average Bonchev–Trinajstić information content (AvgIpc) is 2.99. The van der Waals surface area contributed by atoms with E-state index >= 15 is 0 Å². The highest BCUT2D eigenvalue weighted by Crippen LogP contribution is 2.34. The van der Waals surface area contributed by atoms with Crippen LogP contribution in [0.1, 0.15) is 34.3 Å². The molecule has 0 aromatic heterocycles. The first-order chi connectivity index (χ1) is 12.6. The van der Waals surface area contributed by atoms with Crippen LogP contribution in [0.2, 0.25) is 0 Å². The predicted molar refractivity (Wildman–Crippen MR) is 95.8 cm³/mol. The summed E-state index contributed by atoms with van der Waals surface area (Å²) in [5.74, 6) is -0.831. The summed E-state index contributed by atoms with van der Waals surface area (Å²) in [5.41, 5.74) is 10.2. The quantitative estimate of drug-likeness (QED) is 0.823. The van der Waals surface area contributed by atoms with Crippen LogP contribution in [0.3, 0.4) is 0 Å². The first-order valence-electron chi connectivity index (χ1n) is 8.64. The molecule has 6 nitrogen and oxygen atoms in total. The van der Waals surface area contributed by atoms with Crippen LogP contribution >= 0.6 is 0 Å². The van der Waals surface area contributed by atoms with Gasteiger partial charge in [-0.1, -0.05) is 36.4 Å². The van der Waals surface area contributed by atoms with Gasteiger partial charge in [0.15, 0.2) is 0 Å². The van der Waals surface area contributed by atoms with Gasteiger partial charge in [-0.2, -0.15) is 0 Å². The van der Waals surface area contributed by atoms with Crippen molar-refractivity contribution >= 4 is 17.7 Å². The summed E-state index contributed by atoms with van der Waals surface area (Å²) in [4.78, 5) is 38.0. The molecule has 2 aromatic carbocycles. The number of rotatable bonds is 3. The summed E-state index contributed by atoms with van der Waals surface area (Å²) in [6.45, 7) is 0.851. The van der Waals surface area contributed by atoms with Gasteiger partial charge in [0.1, 0.15) is 6.04 Å². The Morgan fingerprint density at radius 3 is 2.46 bits per heavy atom. The Hall–Kier alpha value is -2.99. The van der Waals surface area contributed by atoms with Crippen LogP contribution < -0.4 is 11.1 Å². The third kappa shape index (κ3) is 2.68. The summed E-state index contributed by atoms with van der Waals surface area (Å²) >= 11 is 0. The fourth-order valence-corrected chi connectivity index (χ4v) is 3.68. The van der Waals surface area contributed by atoms with E-state index < -0.39 is 11.9 Å². The molecule has 0 saturated carbocycles. The zero-order chi connectivity index (χ0) is 18.3. The minimum absolute atomic E-state index is 0.157. The molecular weight excluding hydrogens is 330 g/mol. The number of piperidine rings is 1. The summed E-state index contributed by atoms with van der Waals surface area (Å²) in [6.07, 6.45) is 0.620. The Morgan fingerprint density at radius 2 is 1.77 bits per heavy atom. The Kier molecular flexibility index (Phi) is 4.05. The Bertz CT molecular complexity index is 905. The van der Waals surface area contributed by atoms with E-state index in [-0.39, 0.29) is 18.2 Å². The van der Waals surface area contributed by atoms with E-state index in [4.69, 9.17) is 5.73 Å². The molecule has 3 amide bonds. The van der Waals surface area contributed by atoms with E-state index in [0.29, 0.717) is 25.1 Å². The first kappa shape index (κ1) is 16.5. The number of nitrogens with one attached hydrogen (secondary N) is 1. The lowest BCUT2D eigenvalue weighted by Gasteiger charge is -2.29. The van der Waals surface area contributed by atoms with Crippen molar-refractivity contribution in [3.05, 3.63) is 59.2 Å². The number of nitrogens with zero attached hydrogens (tertiary/aromatic N) is 1.